The van der Waals surface area contributed by atoms with E-state index in [9.17, 15) is 9.59 Å². The van der Waals surface area contributed by atoms with Gasteiger partial charge in [-0.2, -0.15) is 0 Å². The van der Waals surface area contributed by atoms with Crippen molar-refractivity contribution in [2.45, 2.75) is 26.8 Å². The number of amides is 2. The molecule has 0 unspecified atom stereocenters. The molecule has 0 aliphatic carbocycles. The van der Waals surface area contributed by atoms with Crippen molar-refractivity contribution >= 4 is 33.4 Å². The van der Waals surface area contributed by atoms with Crippen molar-refractivity contribution in [3.63, 3.8) is 0 Å². The topological polar surface area (TPSA) is 67.4 Å². The predicted molar refractivity (Wildman–Crippen MR) is 131 cm³/mol. The fraction of sp³-hybridized carbons (Fsp3) is 0.231. The van der Waals surface area contributed by atoms with E-state index >= 15 is 0 Å². The lowest BCUT2D eigenvalue weighted by atomic mass is 10.1. The third-order valence-electron chi connectivity index (χ3n) is 4.84. The smallest absolute Gasteiger partial charge is 0.259 e. The molecule has 32 heavy (non-hydrogen) atoms. The van der Waals surface area contributed by atoms with Crippen molar-refractivity contribution in [2.24, 2.45) is 5.92 Å². The number of ether oxygens (including phenoxy) is 1. The number of hydrogen-bond acceptors (Lipinski definition) is 3. The van der Waals surface area contributed by atoms with Gasteiger partial charge in [-0.3, -0.25) is 9.59 Å². The summed E-state index contributed by atoms with van der Waals surface area (Å²) in [5.74, 6) is 0.626. The van der Waals surface area contributed by atoms with Gasteiger partial charge in [0.15, 0.2) is 0 Å². The number of carbonyl (C=O) groups excluding carboxylic acids is 2. The quantitative estimate of drug-likeness (QED) is 0.380. The van der Waals surface area contributed by atoms with Crippen LogP contribution in [0.25, 0.3) is 0 Å². The van der Waals surface area contributed by atoms with E-state index in [0.717, 1.165) is 16.5 Å². The van der Waals surface area contributed by atoms with Gasteiger partial charge >= 0.3 is 0 Å². The zero-order chi connectivity index (χ0) is 22.9. The number of halogens is 1. The van der Waals surface area contributed by atoms with Crippen LogP contribution in [0.2, 0.25) is 0 Å². The molecule has 2 amide bonds. The molecule has 0 spiro atoms. The monoisotopic (exact) mass is 494 g/mol. The van der Waals surface area contributed by atoms with E-state index < -0.39 is 0 Å². The maximum absolute atomic E-state index is 12.9. The van der Waals surface area contributed by atoms with Crippen LogP contribution >= 0.6 is 15.9 Å². The summed E-state index contributed by atoms with van der Waals surface area (Å²) in [6.45, 7) is 5.27. The first-order valence-corrected chi connectivity index (χ1v) is 11.4. The zero-order valence-electron chi connectivity index (χ0n) is 18.2. The minimum absolute atomic E-state index is 0.167. The van der Waals surface area contributed by atoms with E-state index in [0.29, 0.717) is 41.6 Å². The Hall–Kier alpha value is -3.12. The summed E-state index contributed by atoms with van der Waals surface area (Å²) in [6.07, 6.45) is 0.908. The van der Waals surface area contributed by atoms with Gasteiger partial charge in [-0.05, 0) is 60.4 Å². The molecule has 2 N–H and O–H groups in total. The molecule has 6 heteroatoms. The maximum atomic E-state index is 12.9. The maximum Gasteiger partial charge on any atom is 0.259 e. The van der Waals surface area contributed by atoms with Gasteiger partial charge in [0, 0.05) is 22.3 Å². The second-order valence-electron chi connectivity index (χ2n) is 7.87. The van der Waals surface area contributed by atoms with Crippen LogP contribution < -0.4 is 15.4 Å². The Morgan fingerprint density at radius 3 is 2.34 bits per heavy atom. The summed E-state index contributed by atoms with van der Waals surface area (Å²) in [5, 5.41) is 5.77. The molecule has 0 aromatic heterocycles. The Labute approximate surface area is 197 Å². The Bertz CT molecular complexity index is 1050. The van der Waals surface area contributed by atoms with E-state index in [-0.39, 0.29) is 11.8 Å². The molecule has 0 saturated carbocycles. The third-order valence-corrected chi connectivity index (χ3v) is 5.33. The summed E-state index contributed by atoms with van der Waals surface area (Å²) < 4.78 is 6.64. The molecule has 0 atom stereocenters. The van der Waals surface area contributed by atoms with Crippen LogP contribution in [0.15, 0.2) is 77.3 Å². The Morgan fingerprint density at radius 2 is 1.66 bits per heavy atom. The fourth-order valence-corrected chi connectivity index (χ4v) is 3.35. The minimum atomic E-state index is -0.271. The highest BCUT2D eigenvalue weighted by molar-refractivity contribution is 9.10. The molecule has 3 rings (SSSR count). The first kappa shape index (κ1) is 23.5. The van der Waals surface area contributed by atoms with Gasteiger partial charge < -0.3 is 15.4 Å². The number of nitrogens with one attached hydrogen (secondary N) is 2. The van der Waals surface area contributed by atoms with Gasteiger partial charge in [0.05, 0.1) is 12.2 Å². The van der Waals surface area contributed by atoms with Crippen LogP contribution in [0, 0.1) is 5.92 Å². The number of hydrogen-bond donors (Lipinski definition) is 2. The average molecular weight is 495 g/mol. The number of rotatable bonds is 9. The van der Waals surface area contributed by atoms with Crippen LogP contribution in [-0.2, 0) is 6.54 Å². The van der Waals surface area contributed by atoms with Gasteiger partial charge in [0.2, 0.25) is 0 Å². The van der Waals surface area contributed by atoms with E-state index in [1.807, 2.05) is 36.4 Å². The molecular weight excluding hydrogens is 468 g/mol. The summed E-state index contributed by atoms with van der Waals surface area (Å²) in [4.78, 5) is 25.3. The van der Waals surface area contributed by atoms with Gasteiger partial charge in [-0.1, -0.05) is 60.1 Å². The molecule has 3 aromatic rings. The summed E-state index contributed by atoms with van der Waals surface area (Å²) in [5.41, 5.74) is 2.61. The summed E-state index contributed by atoms with van der Waals surface area (Å²) in [6, 6.07) is 21.9. The first-order chi connectivity index (χ1) is 15.4. The molecule has 5 nitrogen and oxygen atoms in total. The Balaban J connectivity index is 1.62. The van der Waals surface area contributed by atoms with Crippen molar-refractivity contribution in [1.29, 1.82) is 0 Å². The van der Waals surface area contributed by atoms with Crippen molar-refractivity contribution in [3.8, 4) is 5.75 Å². The van der Waals surface area contributed by atoms with Crippen LogP contribution in [0.4, 0.5) is 5.69 Å². The number of benzene rings is 3. The average Bonchev–Trinajstić information content (AvgIpc) is 2.79. The molecule has 0 aliphatic rings. The second kappa shape index (κ2) is 11.5. The third kappa shape index (κ3) is 6.95. The molecule has 0 bridgehead atoms. The van der Waals surface area contributed by atoms with Crippen LogP contribution in [0.1, 0.15) is 46.5 Å². The van der Waals surface area contributed by atoms with E-state index in [4.69, 9.17) is 4.74 Å². The van der Waals surface area contributed by atoms with Gasteiger partial charge in [-0.25, -0.2) is 0 Å². The largest absolute Gasteiger partial charge is 0.493 e. The van der Waals surface area contributed by atoms with Crippen LogP contribution in [0.5, 0.6) is 5.75 Å². The van der Waals surface area contributed by atoms with Crippen molar-refractivity contribution in [3.05, 3.63) is 94.0 Å². The molecule has 0 aliphatic heterocycles. The van der Waals surface area contributed by atoms with Gasteiger partial charge in [-0.15, -0.1) is 0 Å². The first-order valence-electron chi connectivity index (χ1n) is 10.6. The van der Waals surface area contributed by atoms with E-state index in [1.54, 1.807) is 36.4 Å². The summed E-state index contributed by atoms with van der Waals surface area (Å²) >= 11 is 3.42. The highest BCUT2D eigenvalue weighted by atomic mass is 79.9. The van der Waals surface area contributed by atoms with Crippen LogP contribution in [-0.4, -0.2) is 18.4 Å². The zero-order valence-corrected chi connectivity index (χ0v) is 19.8. The van der Waals surface area contributed by atoms with Gasteiger partial charge in [0.1, 0.15) is 5.75 Å². The minimum Gasteiger partial charge on any atom is -0.493 e. The standard InChI is InChI=1S/C26H27BrN2O3/c1-18(2)14-15-32-24-13-10-21(27)16-23(24)26(31)29-22-11-8-20(9-12-22)25(30)28-17-19-6-4-3-5-7-19/h3-13,16,18H,14-15,17H2,1-2H3,(H,28,30)(H,29,31). The molecule has 0 radical (unpaired) electrons. The molecular formula is C26H27BrN2O3. The molecule has 0 heterocycles. The number of carbonyl (C=O) groups is 2. The Kier molecular flexibility index (Phi) is 8.45. The van der Waals surface area contributed by atoms with Crippen molar-refractivity contribution in [2.75, 3.05) is 11.9 Å². The van der Waals surface area contributed by atoms with E-state index in [1.165, 1.54) is 0 Å². The van der Waals surface area contributed by atoms with E-state index in [2.05, 4.69) is 40.4 Å². The summed E-state index contributed by atoms with van der Waals surface area (Å²) in [7, 11) is 0. The lowest BCUT2D eigenvalue weighted by molar-refractivity contribution is 0.0950. The SMILES string of the molecule is CC(C)CCOc1ccc(Br)cc1C(=O)Nc1ccc(C(=O)NCc2ccccc2)cc1. The molecule has 0 saturated heterocycles. The molecule has 0 fully saturated rings. The second-order valence-corrected chi connectivity index (χ2v) is 8.79. The fourth-order valence-electron chi connectivity index (χ4n) is 2.99. The highest BCUT2D eigenvalue weighted by Crippen LogP contribution is 2.25. The van der Waals surface area contributed by atoms with Crippen LogP contribution in [0.3, 0.4) is 0 Å². The number of anilines is 1. The molecule has 166 valence electrons. The predicted octanol–water partition coefficient (Wildman–Crippen LogP) is 6.06. The Morgan fingerprint density at radius 1 is 0.938 bits per heavy atom. The van der Waals surface area contributed by atoms with Crippen molar-refractivity contribution in [1.82, 2.24) is 5.32 Å². The highest BCUT2D eigenvalue weighted by Gasteiger charge is 2.14. The van der Waals surface area contributed by atoms with Gasteiger partial charge in [0.25, 0.3) is 11.8 Å². The molecule has 3 aromatic carbocycles. The van der Waals surface area contributed by atoms with Crippen molar-refractivity contribution < 1.29 is 14.3 Å². The lowest BCUT2D eigenvalue weighted by Gasteiger charge is -2.13. The lowest BCUT2D eigenvalue weighted by Crippen LogP contribution is -2.22. The normalized spacial score (nSPS) is 10.6.